The third-order valence-corrected chi connectivity index (χ3v) is 11.0. The second kappa shape index (κ2) is 12.0. The van der Waals surface area contributed by atoms with E-state index in [0.29, 0.717) is 48.6 Å². The minimum atomic E-state index is -0.444. The number of fused-ring (bicyclic) bond motifs is 2. The van der Waals surface area contributed by atoms with E-state index in [0.717, 1.165) is 58.4 Å². The van der Waals surface area contributed by atoms with Gasteiger partial charge in [0, 0.05) is 87.6 Å². The normalized spacial score (nSPS) is 19.3. The summed E-state index contributed by atoms with van der Waals surface area (Å²) >= 11 is 0. The van der Waals surface area contributed by atoms with Gasteiger partial charge in [0.25, 0.3) is 11.8 Å². The molecular formula is C37H40F2N8O3. The van der Waals surface area contributed by atoms with Gasteiger partial charge in [-0.3, -0.25) is 9.59 Å². The van der Waals surface area contributed by atoms with Crippen LogP contribution in [0.4, 0.5) is 20.2 Å². The van der Waals surface area contributed by atoms with Crippen molar-refractivity contribution in [3.8, 4) is 22.9 Å². The second-order valence-electron chi connectivity index (χ2n) is 14.3. The molecule has 4 aliphatic rings. The lowest BCUT2D eigenvalue weighted by atomic mass is 10.1. The first-order valence-corrected chi connectivity index (χ1v) is 17.8. The number of halogens is 2. The fraction of sp³-hybridized carbons (Fsp3) is 0.459. The molecule has 0 bridgehead atoms. The summed E-state index contributed by atoms with van der Waals surface area (Å²) in [5.74, 6) is -0.976. The van der Waals surface area contributed by atoms with Gasteiger partial charge < -0.3 is 33.2 Å². The van der Waals surface area contributed by atoms with E-state index in [4.69, 9.17) is 4.42 Å². The summed E-state index contributed by atoms with van der Waals surface area (Å²) in [6.07, 6.45) is 7.23. The van der Waals surface area contributed by atoms with Gasteiger partial charge in [-0.15, -0.1) is 10.2 Å². The molecule has 2 saturated heterocycles. The molecule has 4 fully saturated rings. The molecule has 2 aliphatic carbocycles. The quantitative estimate of drug-likeness (QED) is 0.238. The zero-order chi connectivity index (χ0) is 34.3. The molecule has 0 unspecified atom stereocenters. The van der Waals surface area contributed by atoms with Crippen molar-refractivity contribution < 1.29 is 13.2 Å². The lowest BCUT2D eigenvalue weighted by Gasteiger charge is -2.35. The van der Waals surface area contributed by atoms with Crippen molar-refractivity contribution in [3.05, 3.63) is 68.7 Å². The van der Waals surface area contributed by atoms with E-state index in [-0.39, 0.29) is 45.8 Å². The summed E-state index contributed by atoms with van der Waals surface area (Å²) in [5, 5.41) is 8.93. The Hall–Kier alpha value is -4.62. The molecule has 11 nitrogen and oxygen atoms in total. The van der Waals surface area contributed by atoms with Crippen LogP contribution in [-0.2, 0) is 0 Å². The van der Waals surface area contributed by atoms with Gasteiger partial charge in [0.15, 0.2) is 0 Å². The van der Waals surface area contributed by atoms with Crippen LogP contribution in [0.2, 0.25) is 0 Å². The largest absolute Gasteiger partial charge is 0.416 e. The van der Waals surface area contributed by atoms with Crippen molar-refractivity contribution >= 4 is 33.2 Å². The summed E-state index contributed by atoms with van der Waals surface area (Å²) in [6.45, 7) is 9.32. The summed E-state index contributed by atoms with van der Waals surface area (Å²) in [5.41, 5.74) is 1.82. The van der Waals surface area contributed by atoms with Gasteiger partial charge in [0.05, 0.1) is 22.4 Å². The Morgan fingerprint density at radius 2 is 1.12 bits per heavy atom. The number of rotatable bonds is 7. The molecule has 0 atom stereocenters. The zero-order valence-corrected chi connectivity index (χ0v) is 28.4. The van der Waals surface area contributed by atoms with E-state index in [2.05, 4.69) is 38.9 Å². The summed E-state index contributed by atoms with van der Waals surface area (Å²) in [6, 6.07) is 6.61. The van der Waals surface area contributed by atoms with Crippen LogP contribution in [0.1, 0.15) is 44.7 Å². The third kappa shape index (κ3) is 5.38. The van der Waals surface area contributed by atoms with E-state index in [1.807, 2.05) is 14.0 Å². The maximum atomic E-state index is 15.7. The van der Waals surface area contributed by atoms with Crippen molar-refractivity contribution in [1.82, 2.24) is 29.1 Å². The van der Waals surface area contributed by atoms with E-state index in [1.165, 1.54) is 12.1 Å². The maximum absolute atomic E-state index is 15.7. The first-order valence-electron chi connectivity index (χ1n) is 17.8. The lowest BCUT2D eigenvalue weighted by molar-refractivity contribution is 0.270. The first-order chi connectivity index (χ1) is 24.3. The molecule has 0 N–H and O–H groups in total. The number of pyridine rings is 2. The molecule has 13 heteroatoms. The fourth-order valence-corrected chi connectivity index (χ4v) is 7.61. The number of nitrogens with zero attached hydrogens (tertiary/aromatic N) is 8. The van der Waals surface area contributed by atoms with Gasteiger partial charge in [-0.05, 0) is 63.5 Å². The highest BCUT2D eigenvalue weighted by Gasteiger charge is 2.31. The van der Waals surface area contributed by atoms with E-state index >= 15 is 8.78 Å². The summed E-state index contributed by atoms with van der Waals surface area (Å²) in [7, 11) is 2.05. The van der Waals surface area contributed by atoms with Gasteiger partial charge in [-0.1, -0.05) is 6.92 Å². The average molecular weight is 683 g/mol. The molecule has 260 valence electrons. The molecular weight excluding hydrogens is 642 g/mol. The van der Waals surface area contributed by atoms with Crippen LogP contribution in [0, 0.1) is 11.6 Å². The Kier molecular flexibility index (Phi) is 7.54. The molecule has 2 aromatic carbocycles. The topological polar surface area (TPSA) is 95.9 Å². The predicted molar refractivity (Wildman–Crippen MR) is 189 cm³/mol. The van der Waals surface area contributed by atoms with E-state index < -0.39 is 22.5 Å². The smallest absolute Gasteiger partial charge is 0.253 e. The first kappa shape index (κ1) is 31.4. The van der Waals surface area contributed by atoms with Crippen molar-refractivity contribution in [2.45, 2.75) is 44.7 Å². The molecule has 3 aromatic heterocycles. The van der Waals surface area contributed by atoms with Crippen LogP contribution >= 0.6 is 0 Å². The molecule has 50 heavy (non-hydrogen) atoms. The number of benzene rings is 2. The predicted octanol–water partition coefficient (Wildman–Crippen LogP) is 4.88. The van der Waals surface area contributed by atoms with Crippen LogP contribution in [0.25, 0.3) is 44.7 Å². The van der Waals surface area contributed by atoms with Gasteiger partial charge in [0.2, 0.25) is 10.9 Å². The standard InChI is InChI=1S/C37H40F2N8O3/c1-3-43-10-14-45(15-11-43)33-19-31-25(17-29(33)39)35(49)27(21-47(31)23-6-7-23)37-41-40-36(50-37)26-20-46(22-4-5-22)30-18-32(28(38)16-24(30)34(26)48)44-12-8-42(2)9-13-44/h16-23H,3-15H2,1-2H3. The van der Waals surface area contributed by atoms with Gasteiger partial charge >= 0.3 is 0 Å². The monoisotopic (exact) mass is 682 g/mol. The van der Waals surface area contributed by atoms with Crippen molar-refractivity contribution in [3.63, 3.8) is 0 Å². The van der Waals surface area contributed by atoms with Crippen LogP contribution in [0.15, 0.2) is 50.7 Å². The summed E-state index contributed by atoms with van der Waals surface area (Å²) < 4.78 is 41.5. The molecule has 0 amide bonds. The van der Waals surface area contributed by atoms with Crippen LogP contribution in [0.3, 0.4) is 0 Å². The third-order valence-electron chi connectivity index (χ3n) is 11.0. The molecule has 0 radical (unpaired) electrons. The molecule has 9 rings (SSSR count). The number of aromatic nitrogens is 4. The Balaban J connectivity index is 1.11. The van der Waals surface area contributed by atoms with Crippen LogP contribution < -0.4 is 20.7 Å². The number of hydrogen-bond donors (Lipinski definition) is 0. The second-order valence-corrected chi connectivity index (χ2v) is 14.3. The zero-order valence-electron chi connectivity index (χ0n) is 28.4. The highest BCUT2D eigenvalue weighted by Crippen LogP contribution is 2.41. The van der Waals surface area contributed by atoms with Gasteiger partial charge in [-0.2, -0.15) is 0 Å². The highest BCUT2D eigenvalue weighted by molar-refractivity contribution is 5.88. The minimum Gasteiger partial charge on any atom is -0.416 e. The van der Waals surface area contributed by atoms with Gasteiger partial charge in [-0.25, -0.2) is 8.78 Å². The highest BCUT2D eigenvalue weighted by atomic mass is 19.1. The number of hydrogen-bond acceptors (Lipinski definition) is 9. The van der Waals surface area contributed by atoms with Crippen molar-refractivity contribution in [1.29, 1.82) is 0 Å². The van der Waals surface area contributed by atoms with Crippen molar-refractivity contribution in [2.24, 2.45) is 0 Å². The molecule has 5 heterocycles. The van der Waals surface area contributed by atoms with Gasteiger partial charge in [0.1, 0.15) is 22.8 Å². The summed E-state index contributed by atoms with van der Waals surface area (Å²) in [4.78, 5) is 36.5. The Bertz CT molecular complexity index is 2260. The van der Waals surface area contributed by atoms with Crippen LogP contribution in [0.5, 0.6) is 0 Å². The number of anilines is 2. The molecule has 2 aliphatic heterocycles. The SMILES string of the molecule is CCN1CCN(c2cc3c(cc2F)c(=O)c(-c2nnc(-c4cn(C5CC5)c5cc(N6CCN(C)CC6)c(F)cc5c4=O)o2)cn3C2CC2)CC1. The molecule has 5 aromatic rings. The van der Waals surface area contributed by atoms with E-state index in [1.54, 1.807) is 24.5 Å². The Morgan fingerprint density at radius 1 is 0.680 bits per heavy atom. The van der Waals surface area contributed by atoms with E-state index in [9.17, 15) is 9.59 Å². The molecule has 2 saturated carbocycles. The number of likely N-dealkylation sites (N-methyl/N-ethyl adjacent to an activating group) is 2. The molecule has 0 spiro atoms. The lowest BCUT2D eigenvalue weighted by Crippen LogP contribution is -2.46. The van der Waals surface area contributed by atoms with Crippen molar-refractivity contribution in [2.75, 3.05) is 75.8 Å². The number of piperazine rings is 2. The maximum Gasteiger partial charge on any atom is 0.253 e. The Labute approximate surface area is 287 Å². The fourth-order valence-electron chi connectivity index (χ4n) is 7.61. The Morgan fingerprint density at radius 3 is 1.54 bits per heavy atom. The van der Waals surface area contributed by atoms with Crippen LogP contribution in [-0.4, -0.2) is 95.1 Å². The average Bonchev–Trinajstić information content (AvgIpc) is 4.08. The minimum absolute atomic E-state index is 0.0458.